The molecular weight excluding hydrogens is 897 g/mol. The summed E-state index contributed by atoms with van der Waals surface area (Å²) >= 11 is 0. The van der Waals surface area contributed by atoms with Crippen LogP contribution in [0.3, 0.4) is 0 Å². The third kappa shape index (κ3) is 7.61. The van der Waals surface area contributed by atoms with E-state index < -0.39 is 23.4 Å². The van der Waals surface area contributed by atoms with Gasteiger partial charge in [-0.2, -0.15) is 5.10 Å². The van der Waals surface area contributed by atoms with Crippen molar-refractivity contribution in [2.24, 2.45) is 5.92 Å². The van der Waals surface area contributed by atoms with E-state index in [2.05, 4.69) is 14.8 Å². The number of carbonyl (C=O) groups excluding carboxylic acids is 3. The highest BCUT2D eigenvalue weighted by Crippen LogP contribution is 2.43. The third-order valence-electron chi connectivity index (χ3n) is 14.5. The number of likely N-dealkylation sites (N-methyl/N-ethyl adjacent to an activating group) is 1. The Kier molecular flexibility index (Phi) is 11.5. The number of phenolic OH excluding ortho intramolecular Hbond substituents is 3. The zero-order chi connectivity index (χ0) is 49.3. The molecule has 4 N–H and O–H groups in total. The Labute approximate surface area is 401 Å². The van der Waals surface area contributed by atoms with Crippen molar-refractivity contribution >= 4 is 39.8 Å². The molecular formula is C52H54N8O10. The number of hydrogen-bond acceptors (Lipinski definition) is 12. The van der Waals surface area contributed by atoms with Crippen LogP contribution >= 0.6 is 0 Å². The maximum Gasteiger partial charge on any atom is 0.411 e. The van der Waals surface area contributed by atoms with E-state index in [0.29, 0.717) is 59.1 Å². The smallest absolute Gasteiger partial charge is 0.411 e. The maximum absolute atomic E-state index is 14.2. The van der Waals surface area contributed by atoms with Crippen molar-refractivity contribution in [1.29, 1.82) is 0 Å². The Morgan fingerprint density at radius 3 is 2.50 bits per heavy atom. The van der Waals surface area contributed by atoms with Crippen LogP contribution in [0.1, 0.15) is 87.1 Å². The number of aryl methyl sites for hydroxylation is 2. The van der Waals surface area contributed by atoms with Crippen molar-refractivity contribution < 1.29 is 39.2 Å². The Morgan fingerprint density at radius 1 is 0.971 bits per heavy atom. The van der Waals surface area contributed by atoms with Gasteiger partial charge in [0.1, 0.15) is 30.4 Å². The van der Waals surface area contributed by atoms with Gasteiger partial charge in [0.25, 0.3) is 5.56 Å². The summed E-state index contributed by atoms with van der Waals surface area (Å²) in [5.74, 6) is -0.642. The SMILES string of the molecule is CCc1c2c(nc3ccc(O)cc13)-c1cc3c(c(=O)n1C2)COC(=O)C3(CC)OC(=O)N(C)CC(=O)N1CCC(CCn2ccc3cc(-n4c(-c5cc(C(C)C)c(O)cc5O)n[nH]c4=O)ccc32)CC1. The van der Waals surface area contributed by atoms with Crippen LogP contribution in [-0.2, 0) is 50.8 Å². The highest BCUT2D eigenvalue weighted by Gasteiger charge is 2.51. The summed E-state index contributed by atoms with van der Waals surface area (Å²) in [6.07, 6.45) is 4.12. The summed E-state index contributed by atoms with van der Waals surface area (Å²) in [6, 6.07) is 17.2. The van der Waals surface area contributed by atoms with Gasteiger partial charge in [0.05, 0.1) is 40.3 Å². The topological polar surface area (TPSA) is 227 Å². The number of amides is 2. The number of likely N-dealkylation sites (tertiary alicyclic amines) is 1. The summed E-state index contributed by atoms with van der Waals surface area (Å²) in [4.78, 5) is 76.2. The lowest BCUT2D eigenvalue weighted by molar-refractivity contribution is -0.173. The van der Waals surface area contributed by atoms with Crippen LogP contribution in [0, 0.1) is 5.92 Å². The second-order valence-corrected chi connectivity index (χ2v) is 18.9. The number of aromatic amines is 1. The first-order valence-corrected chi connectivity index (χ1v) is 23.7. The summed E-state index contributed by atoms with van der Waals surface area (Å²) in [5.41, 5.74) is 3.66. The molecule has 3 aromatic carbocycles. The number of hydrogen-bond donors (Lipinski definition) is 4. The molecule has 362 valence electrons. The Bertz CT molecular complexity index is 3410. The van der Waals surface area contributed by atoms with E-state index in [1.54, 1.807) is 46.7 Å². The van der Waals surface area contributed by atoms with Crippen LogP contribution in [0.25, 0.3) is 50.3 Å². The highest BCUT2D eigenvalue weighted by atomic mass is 16.6. The molecule has 18 heteroatoms. The van der Waals surface area contributed by atoms with E-state index in [4.69, 9.17) is 14.5 Å². The van der Waals surface area contributed by atoms with Crippen LogP contribution in [-0.4, -0.2) is 98.7 Å². The molecule has 10 rings (SSSR count). The molecule has 1 atom stereocenters. The number of nitrogens with one attached hydrogen (secondary N) is 1. The number of aromatic hydroxyl groups is 3. The second kappa shape index (κ2) is 17.6. The lowest BCUT2D eigenvalue weighted by atomic mass is 9.85. The van der Waals surface area contributed by atoms with Crippen molar-refractivity contribution in [3.05, 3.63) is 116 Å². The molecule has 0 aliphatic carbocycles. The van der Waals surface area contributed by atoms with Crippen LogP contribution in [0.5, 0.6) is 17.2 Å². The van der Waals surface area contributed by atoms with Gasteiger partial charge in [-0.05, 0) is 110 Å². The molecule has 0 radical (unpaired) electrons. The van der Waals surface area contributed by atoms with Crippen molar-refractivity contribution in [3.63, 3.8) is 0 Å². The molecule has 7 aromatic rings. The van der Waals surface area contributed by atoms with Gasteiger partial charge in [0, 0.05) is 66.4 Å². The van der Waals surface area contributed by atoms with E-state index in [9.17, 15) is 39.3 Å². The number of cyclic esters (lactones) is 1. The zero-order valence-corrected chi connectivity index (χ0v) is 39.6. The predicted octanol–water partition coefficient (Wildman–Crippen LogP) is 6.78. The molecule has 1 fully saturated rings. The molecule has 2 amide bonds. The molecule has 3 aliphatic heterocycles. The van der Waals surface area contributed by atoms with E-state index in [1.807, 2.05) is 51.2 Å². The largest absolute Gasteiger partial charge is 0.508 e. The number of carbonyl (C=O) groups is 3. The maximum atomic E-state index is 14.2. The number of piperidine rings is 1. The first kappa shape index (κ1) is 45.9. The number of esters is 1. The molecule has 1 saturated heterocycles. The predicted molar refractivity (Wildman–Crippen MR) is 259 cm³/mol. The molecule has 4 aromatic heterocycles. The minimum absolute atomic E-state index is 0.0267. The van der Waals surface area contributed by atoms with Gasteiger partial charge in [0.15, 0.2) is 5.82 Å². The minimum Gasteiger partial charge on any atom is -0.508 e. The van der Waals surface area contributed by atoms with Gasteiger partial charge in [-0.1, -0.05) is 27.7 Å². The molecule has 0 spiro atoms. The third-order valence-corrected chi connectivity index (χ3v) is 14.5. The number of pyridine rings is 2. The fourth-order valence-electron chi connectivity index (χ4n) is 10.6. The molecule has 3 aliphatic rings. The van der Waals surface area contributed by atoms with Gasteiger partial charge in [-0.15, -0.1) is 0 Å². The first-order chi connectivity index (χ1) is 33.6. The average molecular weight is 951 g/mol. The van der Waals surface area contributed by atoms with Gasteiger partial charge in [-0.3, -0.25) is 9.59 Å². The molecule has 0 bridgehead atoms. The second-order valence-electron chi connectivity index (χ2n) is 18.9. The number of aromatic nitrogens is 6. The lowest BCUT2D eigenvalue weighted by Gasteiger charge is -2.37. The normalized spacial score (nSPS) is 16.7. The zero-order valence-electron chi connectivity index (χ0n) is 39.6. The Hall–Kier alpha value is -7.89. The van der Waals surface area contributed by atoms with E-state index in [-0.39, 0.29) is 77.7 Å². The number of rotatable bonds is 11. The first-order valence-electron chi connectivity index (χ1n) is 23.7. The van der Waals surface area contributed by atoms with Crippen LogP contribution in [0.2, 0.25) is 0 Å². The lowest BCUT2D eigenvalue weighted by Crippen LogP contribution is -2.50. The van der Waals surface area contributed by atoms with E-state index in [0.717, 1.165) is 58.1 Å². The van der Waals surface area contributed by atoms with Gasteiger partial charge in [0.2, 0.25) is 11.5 Å². The number of ether oxygens (including phenoxy) is 2. The van der Waals surface area contributed by atoms with Gasteiger partial charge >= 0.3 is 17.8 Å². The van der Waals surface area contributed by atoms with E-state index in [1.165, 1.54) is 17.7 Å². The average Bonchev–Trinajstić information content (AvgIpc) is 4.05. The van der Waals surface area contributed by atoms with Crippen LogP contribution < -0.4 is 11.2 Å². The van der Waals surface area contributed by atoms with Gasteiger partial charge < -0.3 is 43.7 Å². The summed E-state index contributed by atoms with van der Waals surface area (Å²) in [6.45, 7) is 8.97. The summed E-state index contributed by atoms with van der Waals surface area (Å²) in [7, 11) is 1.44. The van der Waals surface area contributed by atoms with Crippen molar-refractivity contribution in [1.82, 2.24) is 38.7 Å². The summed E-state index contributed by atoms with van der Waals surface area (Å²) in [5, 5.41) is 39.8. The molecule has 0 saturated carbocycles. The Morgan fingerprint density at radius 2 is 1.76 bits per heavy atom. The standard InChI is InChI=1S/C52H54N8O10/c1-6-33-35-21-32(61)9-10-40(35)53-46-37(33)25-59-42(46)23-39-38(48(59)65)27-69-49(66)52(39,7-2)70-51(68)56(5)26-45(64)58-17-13-29(14-18-58)12-16-57-19-15-30-20-31(8-11-41(30)57)60-47(54-55-50(60)67)36-22-34(28(3)4)43(62)24-44(36)63/h8-11,15,19-24,28-29,61-63H,6-7,12-14,16-18,25-27H2,1-5H3,(H,55,67). The number of H-pyrrole nitrogens is 1. The number of phenols is 3. The fourth-order valence-corrected chi connectivity index (χ4v) is 10.6. The minimum atomic E-state index is -1.94. The highest BCUT2D eigenvalue weighted by molar-refractivity contribution is 5.91. The van der Waals surface area contributed by atoms with Gasteiger partial charge in [-0.25, -0.2) is 29.0 Å². The molecule has 1 unspecified atom stereocenters. The molecule has 7 heterocycles. The number of fused-ring (bicyclic) bond motifs is 6. The summed E-state index contributed by atoms with van der Waals surface area (Å²) < 4.78 is 16.7. The van der Waals surface area contributed by atoms with Crippen LogP contribution in [0.4, 0.5) is 4.79 Å². The van der Waals surface area contributed by atoms with Crippen molar-refractivity contribution in [3.8, 4) is 45.7 Å². The molecule has 18 nitrogen and oxygen atoms in total. The van der Waals surface area contributed by atoms with Crippen LogP contribution in [0.15, 0.2) is 76.4 Å². The number of nitrogens with zero attached hydrogens (tertiary/aromatic N) is 7. The molecule has 70 heavy (non-hydrogen) atoms. The Balaban J connectivity index is 0.780. The fraction of sp³-hybridized carbons (Fsp3) is 0.365. The van der Waals surface area contributed by atoms with Crippen molar-refractivity contribution in [2.75, 3.05) is 26.7 Å². The van der Waals surface area contributed by atoms with Crippen molar-refractivity contribution in [2.45, 2.75) is 91.0 Å². The monoisotopic (exact) mass is 950 g/mol. The number of benzene rings is 3. The quantitative estimate of drug-likeness (QED) is 0.0984. The van der Waals surface area contributed by atoms with E-state index >= 15 is 0 Å².